The van der Waals surface area contributed by atoms with Gasteiger partial charge in [0.25, 0.3) is 10.0 Å². The van der Waals surface area contributed by atoms with E-state index >= 15 is 0 Å². The molecule has 0 bridgehead atoms. The van der Waals surface area contributed by atoms with E-state index in [0.29, 0.717) is 16.5 Å². The summed E-state index contributed by atoms with van der Waals surface area (Å²) < 4.78 is 28.6. The summed E-state index contributed by atoms with van der Waals surface area (Å²) in [5.41, 5.74) is 1.03. The molecular weight excluding hydrogens is 545 g/mol. The molecule has 10 heteroatoms. The zero-order chi connectivity index (χ0) is 27.9. The lowest BCUT2D eigenvalue weighted by Gasteiger charge is -2.33. The van der Waals surface area contributed by atoms with Crippen LogP contribution in [0.2, 0.25) is 10.0 Å². The topological polar surface area (TPSA) is 86.8 Å². The van der Waals surface area contributed by atoms with Gasteiger partial charge in [0.05, 0.1) is 10.6 Å². The molecule has 38 heavy (non-hydrogen) atoms. The fourth-order valence-corrected chi connectivity index (χ4v) is 5.69. The number of amides is 2. The van der Waals surface area contributed by atoms with E-state index in [2.05, 4.69) is 5.32 Å². The maximum atomic E-state index is 13.9. The van der Waals surface area contributed by atoms with Crippen LogP contribution in [0.25, 0.3) is 0 Å². The Morgan fingerprint density at radius 2 is 1.55 bits per heavy atom. The first-order chi connectivity index (χ1) is 18.0. The van der Waals surface area contributed by atoms with Gasteiger partial charge in [-0.25, -0.2) is 8.42 Å². The number of carbonyl (C=O) groups is 2. The van der Waals surface area contributed by atoms with E-state index in [1.807, 2.05) is 51.1 Å². The number of hydrogen-bond acceptors (Lipinski definition) is 4. The molecule has 1 N–H and O–H groups in total. The smallest absolute Gasteiger partial charge is 0.264 e. The Balaban J connectivity index is 2.05. The van der Waals surface area contributed by atoms with E-state index in [1.54, 1.807) is 18.2 Å². The molecule has 7 nitrogen and oxygen atoms in total. The van der Waals surface area contributed by atoms with Gasteiger partial charge in [0.2, 0.25) is 11.8 Å². The van der Waals surface area contributed by atoms with Crippen molar-refractivity contribution in [2.75, 3.05) is 10.8 Å². The van der Waals surface area contributed by atoms with Gasteiger partial charge in [-0.15, -0.1) is 0 Å². The molecule has 3 aromatic carbocycles. The average molecular weight is 577 g/mol. The lowest BCUT2D eigenvalue weighted by atomic mass is 10.1. The van der Waals surface area contributed by atoms with Crippen molar-refractivity contribution in [2.24, 2.45) is 0 Å². The summed E-state index contributed by atoms with van der Waals surface area (Å²) >= 11 is 12.2. The zero-order valence-electron chi connectivity index (χ0n) is 21.5. The molecule has 0 unspecified atom stereocenters. The van der Waals surface area contributed by atoms with Gasteiger partial charge in [0.15, 0.2) is 0 Å². The number of nitrogens with zero attached hydrogens (tertiary/aromatic N) is 2. The molecule has 0 heterocycles. The predicted octanol–water partition coefficient (Wildman–Crippen LogP) is 5.52. The summed E-state index contributed by atoms with van der Waals surface area (Å²) in [5.74, 6) is -0.834. The molecule has 3 rings (SSSR count). The second kappa shape index (κ2) is 13.1. The van der Waals surface area contributed by atoms with E-state index in [1.165, 1.54) is 35.2 Å². The monoisotopic (exact) mass is 575 g/mol. The normalized spacial score (nSPS) is 12.2. The minimum Gasteiger partial charge on any atom is -0.352 e. The Kier molecular flexibility index (Phi) is 10.2. The van der Waals surface area contributed by atoms with Gasteiger partial charge in [-0.3, -0.25) is 13.9 Å². The fourth-order valence-electron chi connectivity index (χ4n) is 3.97. The number of carbonyl (C=O) groups excluding carboxylic acids is 2. The Morgan fingerprint density at radius 3 is 2.13 bits per heavy atom. The minimum absolute atomic E-state index is 0.0334. The van der Waals surface area contributed by atoms with Crippen molar-refractivity contribution in [3.63, 3.8) is 0 Å². The third-order valence-electron chi connectivity index (χ3n) is 5.79. The fraction of sp³-hybridized carbons (Fsp3) is 0.286. The Morgan fingerprint density at radius 1 is 0.895 bits per heavy atom. The molecule has 0 saturated heterocycles. The van der Waals surface area contributed by atoms with Crippen LogP contribution in [-0.4, -0.2) is 43.8 Å². The van der Waals surface area contributed by atoms with Crippen LogP contribution in [0.15, 0.2) is 83.8 Å². The molecular formula is C28H31Cl2N3O4S. The highest BCUT2D eigenvalue weighted by molar-refractivity contribution is 7.92. The highest BCUT2D eigenvalue weighted by atomic mass is 35.5. The van der Waals surface area contributed by atoms with E-state index < -0.39 is 28.5 Å². The molecule has 2 amide bonds. The number of benzene rings is 3. The van der Waals surface area contributed by atoms with E-state index in [9.17, 15) is 18.0 Å². The second-order valence-corrected chi connectivity index (χ2v) is 11.8. The number of sulfonamides is 1. The van der Waals surface area contributed by atoms with Crippen LogP contribution < -0.4 is 9.62 Å². The van der Waals surface area contributed by atoms with Crippen LogP contribution in [0.5, 0.6) is 0 Å². The van der Waals surface area contributed by atoms with Gasteiger partial charge in [-0.1, -0.05) is 66.5 Å². The first-order valence-electron chi connectivity index (χ1n) is 12.2. The summed E-state index contributed by atoms with van der Waals surface area (Å²) in [7, 11) is -4.19. The van der Waals surface area contributed by atoms with Crippen molar-refractivity contribution >= 4 is 50.7 Å². The molecule has 0 aliphatic rings. The predicted molar refractivity (Wildman–Crippen MR) is 152 cm³/mol. The Labute approximate surface area is 234 Å². The van der Waals surface area contributed by atoms with E-state index in [4.69, 9.17) is 23.2 Å². The molecule has 1 atom stereocenters. The van der Waals surface area contributed by atoms with Crippen molar-refractivity contribution in [1.29, 1.82) is 0 Å². The zero-order valence-corrected chi connectivity index (χ0v) is 23.8. The standard InChI is InChI=1S/C28H31Cl2N3O4S/c1-4-26(28(35)31-20(2)3)32(18-21-9-6-5-7-10-21)27(34)19-33(24-12-8-11-23(30)17-24)38(36,37)25-15-13-22(29)14-16-25/h5-17,20,26H,4,18-19H2,1-3H3,(H,31,35)/t26-/m1/s1. The van der Waals surface area contributed by atoms with E-state index in [0.717, 1.165) is 9.87 Å². The molecule has 202 valence electrons. The molecule has 0 aliphatic heterocycles. The third kappa shape index (κ3) is 7.49. The second-order valence-electron chi connectivity index (χ2n) is 9.04. The molecule has 0 aromatic heterocycles. The molecule has 3 aromatic rings. The van der Waals surface area contributed by atoms with Gasteiger partial charge >= 0.3 is 0 Å². The lowest BCUT2D eigenvalue weighted by Crippen LogP contribution is -2.53. The van der Waals surface area contributed by atoms with Crippen LogP contribution in [0.4, 0.5) is 5.69 Å². The summed E-state index contributed by atoms with van der Waals surface area (Å²) in [6.07, 6.45) is 0.345. The SMILES string of the molecule is CC[C@H](C(=O)NC(C)C)N(Cc1ccccc1)C(=O)CN(c1cccc(Cl)c1)S(=O)(=O)c1ccc(Cl)cc1. The summed E-state index contributed by atoms with van der Waals surface area (Å²) in [6, 6.07) is 20.3. The number of hydrogen-bond donors (Lipinski definition) is 1. The first kappa shape index (κ1) is 29.5. The van der Waals surface area contributed by atoms with Gasteiger partial charge in [-0.05, 0) is 68.3 Å². The summed E-state index contributed by atoms with van der Waals surface area (Å²) in [6.45, 7) is 5.09. The lowest BCUT2D eigenvalue weighted by molar-refractivity contribution is -0.140. The highest BCUT2D eigenvalue weighted by Crippen LogP contribution is 2.27. The minimum atomic E-state index is -4.19. The molecule has 0 fully saturated rings. The molecule has 0 aliphatic carbocycles. The Hall–Kier alpha value is -3.07. The molecule has 0 saturated carbocycles. The van der Waals surface area contributed by atoms with Crippen molar-refractivity contribution in [1.82, 2.24) is 10.2 Å². The highest BCUT2D eigenvalue weighted by Gasteiger charge is 2.33. The Bertz CT molecular complexity index is 1350. The van der Waals surface area contributed by atoms with Crippen LogP contribution in [0.1, 0.15) is 32.8 Å². The number of anilines is 1. The van der Waals surface area contributed by atoms with Crippen molar-refractivity contribution in [3.8, 4) is 0 Å². The van der Waals surface area contributed by atoms with Crippen LogP contribution in [-0.2, 0) is 26.2 Å². The summed E-state index contributed by atoms with van der Waals surface area (Å²) in [4.78, 5) is 28.4. The first-order valence-corrected chi connectivity index (χ1v) is 14.4. The van der Waals surface area contributed by atoms with Crippen LogP contribution >= 0.6 is 23.2 Å². The molecule has 0 radical (unpaired) electrons. The maximum absolute atomic E-state index is 13.9. The van der Waals surface area contributed by atoms with Gasteiger partial charge in [0.1, 0.15) is 12.6 Å². The maximum Gasteiger partial charge on any atom is 0.264 e. The van der Waals surface area contributed by atoms with Gasteiger partial charge in [0, 0.05) is 22.6 Å². The summed E-state index contributed by atoms with van der Waals surface area (Å²) in [5, 5.41) is 3.57. The van der Waals surface area contributed by atoms with E-state index in [-0.39, 0.29) is 29.1 Å². The number of rotatable bonds is 11. The quantitative estimate of drug-likeness (QED) is 0.326. The van der Waals surface area contributed by atoms with Crippen LogP contribution in [0, 0.1) is 0 Å². The average Bonchev–Trinajstić information content (AvgIpc) is 2.87. The molecule has 0 spiro atoms. The van der Waals surface area contributed by atoms with Gasteiger partial charge < -0.3 is 10.2 Å². The van der Waals surface area contributed by atoms with Gasteiger partial charge in [-0.2, -0.15) is 0 Å². The van der Waals surface area contributed by atoms with Crippen LogP contribution in [0.3, 0.4) is 0 Å². The van der Waals surface area contributed by atoms with Crippen molar-refractivity contribution in [2.45, 2.75) is 50.7 Å². The number of nitrogens with one attached hydrogen (secondary N) is 1. The number of halogens is 2. The van der Waals surface area contributed by atoms with Crippen molar-refractivity contribution < 1.29 is 18.0 Å². The van der Waals surface area contributed by atoms with Crippen molar-refractivity contribution in [3.05, 3.63) is 94.5 Å². The third-order valence-corrected chi connectivity index (χ3v) is 8.06. The largest absolute Gasteiger partial charge is 0.352 e.